The van der Waals surface area contributed by atoms with Gasteiger partial charge in [-0.1, -0.05) is 142 Å². The minimum atomic E-state index is -0.0609. The lowest BCUT2D eigenvalue weighted by Crippen LogP contribution is -2.16. The molecule has 50 heavy (non-hydrogen) atoms. The Morgan fingerprint density at radius 2 is 1.02 bits per heavy atom. The lowest BCUT2D eigenvalue weighted by Gasteiger charge is -2.15. The van der Waals surface area contributed by atoms with Gasteiger partial charge in [0.1, 0.15) is 0 Å². The van der Waals surface area contributed by atoms with Gasteiger partial charge in [0.15, 0.2) is 0 Å². The summed E-state index contributed by atoms with van der Waals surface area (Å²) in [7, 11) is 0. The van der Waals surface area contributed by atoms with Crippen LogP contribution in [0.5, 0.6) is 0 Å². The average Bonchev–Trinajstić information content (AvgIpc) is 3.13. The number of fused-ring (bicyclic) bond motifs is 4. The third kappa shape index (κ3) is 16.3. The molecule has 3 rings (SSSR count). The summed E-state index contributed by atoms with van der Waals surface area (Å²) in [4.78, 5) is 30.6. The fourth-order valence-electron chi connectivity index (χ4n) is 6.73. The molecule has 1 aliphatic heterocycles. The Morgan fingerprint density at radius 3 is 1.62 bits per heavy atom. The predicted molar refractivity (Wildman–Crippen MR) is 218 cm³/mol. The normalized spacial score (nSPS) is 18.6. The highest BCUT2D eigenvalue weighted by Crippen LogP contribution is 2.19. The van der Waals surface area contributed by atoms with Gasteiger partial charge >= 0.3 is 0 Å². The molecule has 0 aliphatic carbocycles. The fourth-order valence-corrected chi connectivity index (χ4v) is 6.73. The minimum Gasteiger partial charge on any atom is -0.286 e. The quantitative estimate of drug-likeness (QED) is 0.130. The molecule has 3 unspecified atom stereocenters. The molecule has 0 N–H and O–H groups in total. The molecule has 0 fully saturated rings. The summed E-state index contributed by atoms with van der Waals surface area (Å²) in [5.74, 6) is 0. The van der Waals surface area contributed by atoms with E-state index in [9.17, 15) is 0 Å². The predicted octanol–water partition coefficient (Wildman–Crippen LogP) is 12.3. The molecule has 0 aromatic carbocycles. The minimum absolute atomic E-state index is 0.00871. The van der Waals surface area contributed by atoms with E-state index in [-0.39, 0.29) is 18.1 Å². The van der Waals surface area contributed by atoms with Gasteiger partial charge < -0.3 is 0 Å². The third-order valence-corrected chi connectivity index (χ3v) is 10.1. The first-order valence-corrected chi connectivity index (χ1v) is 20.5. The van der Waals surface area contributed by atoms with Gasteiger partial charge in [0, 0.05) is 6.21 Å². The summed E-state index contributed by atoms with van der Waals surface area (Å²) in [6, 6.07) is 12.5. The van der Waals surface area contributed by atoms with Crippen LogP contribution in [-0.2, 0) is 0 Å². The molecule has 0 saturated heterocycles. The Kier molecular flexibility index (Phi) is 20.7. The molecule has 0 amide bonds. The van der Waals surface area contributed by atoms with Crippen molar-refractivity contribution in [2.24, 2.45) is 20.0 Å². The molecule has 6 nitrogen and oxygen atoms in total. The fraction of sp³-hybridized carbons (Fsp3) is 0.682. The van der Waals surface area contributed by atoms with Crippen molar-refractivity contribution in [3.8, 4) is 0 Å². The summed E-state index contributed by atoms with van der Waals surface area (Å²) in [5.41, 5.74) is 6.59. The van der Waals surface area contributed by atoms with Crippen molar-refractivity contribution in [2.45, 2.75) is 188 Å². The van der Waals surface area contributed by atoms with E-state index in [1.54, 1.807) is 0 Å². The molecule has 2 aromatic rings. The molecule has 1 aliphatic rings. The van der Waals surface area contributed by atoms with Crippen LogP contribution in [0.4, 0.5) is 0 Å². The molecule has 3 atom stereocenters. The zero-order valence-corrected chi connectivity index (χ0v) is 32.8. The summed E-state index contributed by atoms with van der Waals surface area (Å²) < 4.78 is 0. The Labute approximate surface area is 306 Å². The van der Waals surface area contributed by atoms with E-state index in [0.717, 1.165) is 59.2 Å². The van der Waals surface area contributed by atoms with Crippen molar-refractivity contribution in [1.29, 1.82) is 0 Å². The standard InChI is InChI=1S/C44H70N6/c1-7-9-11-13-15-17-19-21-23-27-39-33-45-35(3)41-29-26-32-44(50-41)38(6)48-40(28-24-22-20-18-16-14-12-10-8-2)34-46-36(4)42-30-25-31-43(49-42)37(5)47-39/h25-26,29-33,35,39-40H,7-24,27-28,34H2,1-6H3. The monoisotopic (exact) mass is 683 g/mol. The van der Waals surface area contributed by atoms with Gasteiger partial charge in [-0.3, -0.25) is 20.0 Å². The summed E-state index contributed by atoms with van der Waals surface area (Å²) >= 11 is 0. The van der Waals surface area contributed by atoms with Gasteiger partial charge in [0.2, 0.25) is 0 Å². The highest BCUT2D eigenvalue weighted by molar-refractivity contribution is 6.01. The van der Waals surface area contributed by atoms with Crippen molar-refractivity contribution < 1.29 is 0 Å². The van der Waals surface area contributed by atoms with Crippen LogP contribution in [-0.4, -0.2) is 51.9 Å². The first-order valence-electron chi connectivity index (χ1n) is 20.5. The van der Waals surface area contributed by atoms with E-state index in [1.165, 1.54) is 109 Å². The lowest BCUT2D eigenvalue weighted by molar-refractivity contribution is 0.528. The maximum absolute atomic E-state index is 5.24. The maximum Gasteiger partial charge on any atom is 0.0888 e. The van der Waals surface area contributed by atoms with E-state index >= 15 is 0 Å². The van der Waals surface area contributed by atoms with E-state index in [4.69, 9.17) is 29.9 Å². The molecule has 0 spiro atoms. The SMILES string of the molecule is CCCCCCCCCCCC1C=NC(C)c2cccc(n2)C(C)=NC(CCCCCCCCCCC)CN=C(C)c2cccc(n2)C(C)=N1. The molecule has 4 bridgehead atoms. The number of unbranched alkanes of at least 4 members (excludes halogenated alkanes) is 16. The van der Waals surface area contributed by atoms with Crippen molar-refractivity contribution in [2.75, 3.05) is 6.54 Å². The number of pyridine rings is 2. The summed E-state index contributed by atoms with van der Waals surface area (Å²) in [5, 5.41) is 0. The largest absolute Gasteiger partial charge is 0.286 e. The van der Waals surface area contributed by atoms with Crippen LogP contribution in [0.15, 0.2) is 56.4 Å². The van der Waals surface area contributed by atoms with Crippen LogP contribution in [0, 0.1) is 0 Å². The zero-order valence-electron chi connectivity index (χ0n) is 32.8. The maximum atomic E-state index is 5.24. The number of aliphatic imine (C=N–C) groups is 4. The number of aromatic nitrogens is 2. The second kappa shape index (κ2) is 25.0. The van der Waals surface area contributed by atoms with Gasteiger partial charge in [0.05, 0.1) is 64.6 Å². The second-order valence-corrected chi connectivity index (χ2v) is 14.6. The Morgan fingerprint density at radius 1 is 0.540 bits per heavy atom. The molecular weight excluding hydrogens is 613 g/mol. The number of rotatable bonds is 20. The first kappa shape index (κ1) is 41.4. The van der Waals surface area contributed by atoms with Gasteiger partial charge in [-0.15, -0.1) is 0 Å². The smallest absolute Gasteiger partial charge is 0.0888 e. The number of nitrogens with zero attached hydrogens (tertiary/aromatic N) is 6. The van der Waals surface area contributed by atoms with E-state index in [1.807, 2.05) is 0 Å². The Bertz CT molecular complexity index is 1340. The molecule has 0 radical (unpaired) electrons. The van der Waals surface area contributed by atoms with Gasteiger partial charge in [0.25, 0.3) is 0 Å². The molecule has 0 saturated carbocycles. The van der Waals surface area contributed by atoms with Crippen LogP contribution < -0.4 is 0 Å². The number of hydrogen-bond donors (Lipinski definition) is 0. The van der Waals surface area contributed by atoms with Crippen molar-refractivity contribution in [3.05, 3.63) is 59.2 Å². The van der Waals surface area contributed by atoms with Crippen molar-refractivity contribution >= 4 is 23.3 Å². The molecule has 6 heteroatoms. The topological polar surface area (TPSA) is 75.2 Å². The van der Waals surface area contributed by atoms with Crippen molar-refractivity contribution in [1.82, 2.24) is 9.97 Å². The Balaban J connectivity index is 1.77. The van der Waals surface area contributed by atoms with Crippen LogP contribution in [0.1, 0.15) is 199 Å². The van der Waals surface area contributed by atoms with Gasteiger partial charge in [-0.2, -0.15) is 0 Å². The lowest BCUT2D eigenvalue weighted by atomic mass is 10.0. The number of hydrogen-bond acceptors (Lipinski definition) is 6. The van der Waals surface area contributed by atoms with Gasteiger partial charge in [-0.05, 0) is 64.8 Å². The van der Waals surface area contributed by atoms with E-state index < -0.39 is 0 Å². The zero-order chi connectivity index (χ0) is 35.8. The van der Waals surface area contributed by atoms with Crippen LogP contribution in [0.2, 0.25) is 0 Å². The first-order chi connectivity index (χ1) is 24.4. The van der Waals surface area contributed by atoms with E-state index in [0.29, 0.717) is 6.54 Å². The third-order valence-electron chi connectivity index (χ3n) is 10.1. The molecule has 3 heterocycles. The van der Waals surface area contributed by atoms with E-state index in [2.05, 4.69) is 84.2 Å². The molecule has 276 valence electrons. The Hall–Kier alpha value is -3.02. The molecular formula is C44H70N6. The van der Waals surface area contributed by atoms with Crippen LogP contribution in [0.3, 0.4) is 0 Å². The van der Waals surface area contributed by atoms with Crippen molar-refractivity contribution in [3.63, 3.8) is 0 Å². The highest BCUT2D eigenvalue weighted by atomic mass is 14.9. The highest BCUT2D eigenvalue weighted by Gasteiger charge is 2.14. The summed E-state index contributed by atoms with van der Waals surface area (Å²) in [6.45, 7) is 13.6. The van der Waals surface area contributed by atoms with Crippen LogP contribution >= 0.6 is 0 Å². The van der Waals surface area contributed by atoms with Gasteiger partial charge in [-0.25, -0.2) is 9.97 Å². The summed E-state index contributed by atoms with van der Waals surface area (Å²) in [6.07, 6.45) is 27.8. The van der Waals surface area contributed by atoms with Crippen LogP contribution in [0.25, 0.3) is 0 Å². The second-order valence-electron chi connectivity index (χ2n) is 14.6. The molecule has 2 aromatic heterocycles. The average molecular weight is 683 g/mol.